The van der Waals surface area contributed by atoms with Crippen LogP contribution >= 0.6 is 0 Å². The number of nitrogens with one attached hydrogen (secondary N) is 1. The SMILES string of the molecule is CCOc1c(C(=O)C[C@H](c2ccc(F)c(C)c2)C2CC2)cc(CN2CCOC2=N)cc1-c1cn(C)nc1C(F)(F)F. The van der Waals surface area contributed by atoms with Gasteiger partial charge in [-0.2, -0.15) is 18.3 Å². The van der Waals surface area contributed by atoms with Crippen LogP contribution < -0.4 is 4.74 Å². The molecule has 0 radical (unpaired) electrons. The zero-order chi connectivity index (χ0) is 29.5. The van der Waals surface area contributed by atoms with Crippen LogP contribution in [0.15, 0.2) is 36.5 Å². The molecule has 0 spiro atoms. The normalized spacial score (nSPS) is 16.2. The number of halogens is 4. The molecule has 1 aromatic heterocycles. The van der Waals surface area contributed by atoms with Crippen molar-refractivity contribution in [2.24, 2.45) is 13.0 Å². The molecule has 2 fully saturated rings. The Hall–Kier alpha value is -3.89. The monoisotopic (exact) mass is 572 g/mol. The van der Waals surface area contributed by atoms with E-state index in [0.717, 1.165) is 23.1 Å². The molecule has 2 heterocycles. The minimum Gasteiger partial charge on any atom is -0.492 e. The van der Waals surface area contributed by atoms with Gasteiger partial charge < -0.3 is 14.4 Å². The molecular formula is C30H32F4N4O3. The first-order valence-electron chi connectivity index (χ1n) is 13.6. The Bertz CT molecular complexity index is 1480. The van der Waals surface area contributed by atoms with Crippen LogP contribution in [0.25, 0.3) is 11.1 Å². The first-order valence-corrected chi connectivity index (χ1v) is 13.6. The second-order valence-electron chi connectivity index (χ2n) is 10.7. The highest BCUT2D eigenvalue weighted by atomic mass is 19.4. The third-order valence-electron chi connectivity index (χ3n) is 7.59. The minimum atomic E-state index is -4.73. The standard InChI is InChI=1S/C30H32F4N4O3/c1-4-40-27-22(24-16-37(3)36-28(24)30(32,33)34)12-18(15-38-9-10-41-29(38)35)13-23(27)26(39)14-21(19-5-6-19)20-7-8-25(31)17(2)11-20/h7-8,11-13,16,19,21,35H,4-6,9-10,14-15H2,1-3H3/t21-/m0/s1. The van der Waals surface area contributed by atoms with Gasteiger partial charge in [-0.3, -0.25) is 14.9 Å². The molecule has 0 bridgehead atoms. The summed E-state index contributed by atoms with van der Waals surface area (Å²) < 4.78 is 68.4. The van der Waals surface area contributed by atoms with E-state index in [1.807, 2.05) is 0 Å². The van der Waals surface area contributed by atoms with E-state index in [-0.39, 0.29) is 71.5 Å². The van der Waals surface area contributed by atoms with E-state index in [0.29, 0.717) is 24.3 Å². The third kappa shape index (κ3) is 6.08. The van der Waals surface area contributed by atoms with Crippen molar-refractivity contribution >= 4 is 11.8 Å². The number of aryl methyl sites for hydroxylation is 2. The number of rotatable bonds is 10. The van der Waals surface area contributed by atoms with E-state index < -0.39 is 11.9 Å². The Kier molecular flexibility index (Phi) is 7.80. The molecule has 0 amide bonds. The van der Waals surface area contributed by atoms with Crippen LogP contribution in [0, 0.1) is 24.1 Å². The van der Waals surface area contributed by atoms with Crippen LogP contribution in [-0.2, 0) is 24.5 Å². The Morgan fingerprint density at radius 1 is 1.22 bits per heavy atom. The zero-order valence-corrected chi connectivity index (χ0v) is 23.1. The number of hydrogen-bond acceptors (Lipinski definition) is 5. The highest BCUT2D eigenvalue weighted by molar-refractivity contribution is 6.02. The van der Waals surface area contributed by atoms with E-state index in [1.54, 1.807) is 43.0 Å². The van der Waals surface area contributed by atoms with E-state index >= 15 is 0 Å². The number of ketones is 1. The maximum absolute atomic E-state index is 14.1. The third-order valence-corrected chi connectivity index (χ3v) is 7.59. The summed E-state index contributed by atoms with van der Waals surface area (Å²) in [6.45, 7) is 4.45. The van der Waals surface area contributed by atoms with Crippen molar-refractivity contribution in [1.82, 2.24) is 14.7 Å². The summed E-state index contributed by atoms with van der Waals surface area (Å²) in [7, 11) is 1.41. The molecule has 3 aromatic rings. The lowest BCUT2D eigenvalue weighted by Gasteiger charge is -2.22. The van der Waals surface area contributed by atoms with Crippen LogP contribution in [-0.4, -0.2) is 46.2 Å². The number of amidine groups is 1. The van der Waals surface area contributed by atoms with Crippen LogP contribution in [0.3, 0.4) is 0 Å². The lowest BCUT2D eigenvalue weighted by atomic mass is 9.85. The van der Waals surface area contributed by atoms with Crippen molar-refractivity contribution in [3.63, 3.8) is 0 Å². The van der Waals surface area contributed by atoms with Gasteiger partial charge in [-0.1, -0.05) is 12.1 Å². The number of aromatic nitrogens is 2. The second-order valence-corrected chi connectivity index (χ2v) is 10.7. The average Bonchev–Trinajstić information content (AvgIpc) is 3.56. The molecule has 2 aromatic carbocycles. The minimum absolute atomic E-state index is 0.0360. The van der Waals surface area contributed by atoms with E-state index in [9.17, 15) is 22.4 Å². The largest absolute Gasteiger partial charge is 0.492 e. The number of Topliss-reactive ketones (excluding diaryl/α,β-unsaturated/α-hetero) is 1. The number of ether oxygens (including phenoxy) is 2. The molecular weight excluding hydrogens is 540 g/mol. The molecule has 41 heavy (non-hydrogen) atoms. The number of nitrogens with zero attached hydrogens (tertiary/aromatic N) is 3. The molecule has 1 saturated heterocycles. The zero-order valence-electron chi connectivity index (χ0n) is 23.1. The predicted octanol–water partition coefficient (Wildman–Crippen LogP) is 6.49. The fourth-order valence-electron chi connectivity index (χ4n) is 5.46. The molecule has 1 aliphatic heterocycles. The molecule has 2 aliphatic rings. The first kappa shape index (κ1) is 28.6. The fourth-order valence-corrected chi connectivity index (χ4v) is 5.46. The van der Waals surface area contributed by atoms with Crippen molar-refractivity contribution in [3.05, 3.63) is 70.3 Å². The summed E-state index contributed by atoms with van der Waals surface area (Å²) in [6.07, 6.45) is -1.48. The topological polar surface area (TPSA) is 80.4 Å². The summed E-state index contributed by atoms with van der Waals surface area (Å²) in [5, 5.41) is 11.7. The van der Waals surface area contributed by atoms with Crippen LogP contribution in [0.1, 0.15) is 64.8 Å². The molecule has 1 saturated carbocycles. The molecule has 11 heteroatoms. The molecule has 218 valence electrons. The van der Waals surface area contributed by atoms with Crippen molar-refractivity contribution in [1.29, 1.82) is 5.41 Å². The summed E-state index contributed by atoms with van der Waals surface area (Å²) >= 11 is 0. The molecule has 1 N–H and O–H groups in total. The van der Waals surface area contributed by atoms with Gasteiger partial charge in [0, 0.05) is 37.3 Å². The van der Waals surface area contributed by atoms with Crippen LogP contribution in [0.4, 0.5) is 17.6 Å². The van der Waals surface area contributed by atoms with Gasteiger partial charge in [0.05, 0.1) is 18.7 Å². The highest BCUT2D eigenvalue weighted by Crippen LogP contribution is 2.47. The van der Waals surface area contributed by atoms with E-state index in [2.05, 4.69) is 5.10 Å². The lowest BCUT2D eigenvalue weighted by molar-refractivity contribution is -0.140. The Labute approximate surface area is 235 Å². The van der Waals surface area contributed by atoms with Crippen LogP contribution in [0.5, 0.6) is 5.75 Å². The quantitative estimate of drug-likeness (QED) is 0.222. The van der Waals surface area contributed by atoms with Gasteiger partial charge in [-0.25, -0.2) is 4.39 Å². The number of alkyl halides is 3. The average molecular weight is 573 g/mol. The van der Waals surface area contributed by atoms with Gasteiger partial charge in [0.25, 0.3) is 6.02 Å². The Morgan fingerprint density at radius 3 is 2.59 bits per heavy atom. The maximum atomic E-state index is 14.1. The number of carbonyl (C=O) groups excluding carboxylic acids is 1. The van der Waals surface area contributed by atoms with Gasteiger partial charge in [-0.15, -0.1) is 0 Å². The summed E-state index contributed by atoms with van der Waals surface area (Å²) in [5.74, 6) is -0.427. The lowest BCUT2D eigenvalue weighted by Crippen LogP contribution is -2.24. The number of carbonyl (C=O) groups is 1. The van der Waals surface area contributed by atoms with Gasteiger partial charge in [0.2, 0.25) is 0 Å². The Morgan fingerprint density at radius 2 is 1.98 bits per heavy atom. The van der Waals surface area contributed by atoms with Gasteiger partial charge in [0.15, 0.2) is 11.5 Å². The molecule has 5 rings (SSSR count). The molecule has 1 aliphatic carbocycles. The van der Waals surface area contributed by atoms with Crippen molar-refractivity contribution in [2.75, 3.05) is 19.8 Å². The smallest absolute Gasteiger partial charge is 0.435 e. The summed E-state index contributed by atoms with van der Waals surface area (Å²) in [6, 6.07) is 8.05. The molecule has 0 unspecified atom stereocenters. The van der Waals surface area contributed by atoms with E-state index in [4.69, 9.17) is 14.9 Å². The summed E-state index contributed by atoms with van der Waals surface area (Å²) in [5.41, 5.74) is 0.911. The first-order chi connectivity index (χ1) is 19.5. The fraction of sp³-hybridized carbons (Fsp3) is 0.433. The van der Waals surface area contributed by atoms with Gasteiger partial charge in [-0.05, 0) is 73.4 Å². The van der Waals surface area contributed by atoms with Gasteiger partial charge in [0.1, 0.15) is 18.2 Å². The molecule has 1 atom stereocenters. The maximum Gasteiger partial charge on any atom is 0.435 e. The van der Waals surface area contributed by atoms with E-state index in [1.165, 1.54) is 19.3 Å². The van der Waals surface area contributed by atoms with Crippen molar-refractivity contribution in [2.45, 2.75) is 51.7 Å². The second kappa shape index (κ2) is 11.2. The van der Waals surface area contributed by atoms with Gasteiger partial charge >= 0.3 is 6.18 Å². The molecule has 7 nitrogen and oxygen atoms in total. The number of benzene rings is 2. The predicted molar refractivity (Wildman–Crippen MR) is 144 cm³/mol. The Balaban J connectivity index is 1.62. The highest BCUT2D eigenvalue weighted by Gasteiger charge is 2.39. The number of hydrogen-bond donors (Lipinski definition) is 1. The van der Waals surface area contributed by atoms with Crippen molar-refractivity contribution in [3.8, 4) is 16.9 Å². The summed E-state index contributed by atoms with van der Waals surface area (Å²) in [4.78, 5) is 15.7. The van der Waals surface area contributed by atoms with Crippen molar-refractivity contribution < 1.29 is 31.8 Å². The van der Waals surface area contributed by atoms with Crippen LogP contribution in [0.2, 0.25) is 0 Å².